The van der Waals surface area contributed by atoms with Crippen molar-refractivity contribution in [2.45, 2.75) is 31.2 Å². The van der Waals surface area contributed by atoms with Crippen LogP contribution in [0.1, 0.15) is 36.3 Å². The molecular weight excluding hydrogens is 408 g/mol. The van der Waals surface area contributed by atoms with Gasteiger partial charge in [-0.05, 0) is 47.4 Å². The topological polar surface area (TPSA) is 95.9 Å². The van der Waals surface area contributed by atoms with Crippen LogP contribution in [0.15, 0.2) is 48.5 Å². The van der Waals surface area contributed by atoms with Crippen molar-refractivity contribution < 1.29 is 24.2 Å². The van der Waals surface area contributed by atoms with Gasteiger partial charge in [0.15, 0.2) is 0 Å². The minimum Gasteiger partial charge on any atom is -0.480 e. The van der Waals surface area contributed by atoms with E-state index in [2.05, 4.69) is 29.6 Å². The van der Waals surface area contributed by atoms with Crippen LogP contribution < -0.4 is 5.32 Å². The summed E-state index contributed by atoms with van der Waals surface area (Å²) in [5, 5.41) is 11.8. The van der Waals surface area contributed by atoms with Crippen molar-refractivity contribution >= 4 is 18.0 Å². The largest absolute Gasteiger partial charge is 0.480 e. The predicted octanol–water partition coefficient (Wildman–Crippen LogP) is 3.24. The second-order valence-electron chi connectivity index (χ2n) is 8.90. The van der Waals surface area contributed by atoms with Crippen molar-refractivity contribution in [1.29, 1.82) is 0 Å². The fourth-order valence-electron chi connectivity index (χ4n) is 4.77. The lowest BCUT2D eigenvalue weighted by molar-refractivity contribution is -0.145. The van der Waals surface area contributed by atoms with Crippen molar-refractivity contribution in [1.82, 2.24) is 10.2 Å². The Labute approximate surface area is 186 Å². The molecule has 7 heteroatoms. The number of aliphatic carboxylic acids is 1. The lowest BCUT2D eigenvalue weighted by Crippen LogP contribution is -2.39. The molecule has 3 aliphatic rings. The number of hydrogen-bond donors (Lipinski definition) is 2. The van der Waals surface area contributed by atoms with Crippen LogP contribution in [-0.2, 0) is 14.3 Å². The molecular formula is C25H26N2O5. The van der Waals surface area contributed by atoms with Gasteiger partial charge in [0.05, 0.1) is 0 Å². The molecule has 0 spiro atoms. The standard InChI is InChI=1S/C25H26N2O5/c28-23(29)13-27(16-9-10-16)24(30)21-11-15(21)12-26-25(31)32-14-22-19-7-3-1-5-17(19)18-6-2-4-8-20(18)22/h1-8,15-16,21-22H,9-14H2,(H,26,31)(H,28,29)/t15-,21-/m0/s1. The molecule has 0 radical (unpaired) electrons. The quantitative estimate of drug-likeness (QED) is 0.665. The molecule has 2 atom stereocenters. The summed E-state index contributed by atoms with van der Waals surface area (Å²) in [6.07, 6.45) is 1.92. The summed E-state index contributed by atoms with van der Waals surface area (Å²) in [7, 11) is 0. The lowest BCUT2D eigenvalue weighted by Gasteiger charge is -2.20. The van der Waals surface area contributed by atoms with Crippen molar-refractivity contribution in [3.63, 3.8) is 0 Å². The number of rotatable bonds is 8. The second-order valence-corrected chi connectivity index (χ2v) is 8.90. The van der Waals surface area contributed by atoms with E-state index in [-0.39, 0.29) is 42.9 Å². The number of carbonyl (C=O) groups excluding carboxylic acids is 2. The highest BCUT2D eigenvalue weighted by atomic mass is 16.5. The van der Waals surface area contributed by atoms with Crippen LogP contribution in [0.3, 0.4) is 0 Å². The molecule has 0 saturated heterocycles. The number of alkyl carbamates (subject to hydrolysis) is 1. The number of fused-ring (bicyclic) bond motifs is 3. The smallest absolute Gasteiger partial charge is 0.407 e. The first kappa shape index (κ1) is 20.5. The fourth-order valence-corrected chi connectivity index (χ4v) is 4.77. The first-order chi connectivity index (χ1) is 15.5. The maximum absolute atomic E-state index is 12.6. The third kappa shape index (κ3) is 4.07. The summed E-state index contributed by atoms with van der Waals surface area (Å²) < 4.78 is 5.54. The van der Waals surface area contributed by atoms with Gasteiger partial charge in [0.25, 0.3) is 0 Å². The molecule has 2 saturated carbocycles. The second kappa shape index (κ2) is 8.30. The monoisotopic (exact) mass is 434 g/mol. The normalized spacial score (nSPS) is 20.8. The van der Waals surface area contributed by atoms with Crippen molar-refractivity contribution in [2.75, 3.05) is 19.7 Å². The summed E-state index contributed by atoms with van der Waals surface area (Å²) in [5.74, 6) is -1.25. The zero-order valence-corrected chi connectivity index (χ0v) is 17.7. The van der Waals surface area contributed by atoms with Crippen LogP contribution in [0.4, 0.5) is 4.79 Å². The Kier molecular flexibility index (Phi) is 5.33. The molecule has 5 rings (SSSR count). The van der Waals surface area contributed by atoms with Crippen LogP contribution in [0.25, 0.3) is 11.1 Å². The maximum Gasteiger partial charge on any atom is 0.407 e. The number of carbonyl (C=O) groups is 3. The zero-order chi connectivity index (χ0) is 22.2. The zero-order valence-electron chi connectivity index (χ0n) is 17.7. The summed E-state index contributed by atoms with van der Waals surface area (Å²) >= 11 is 0. The van der Waals surface area contributed by atoms with Crippen molar-refractivity contribution in [3.05, 3.63) is 59.7 Å². The number of nitrogens with one attached hydrogen (secondary N) is 1. The molecule has 3 aliphatic carbocycles. The Bertz CT molecular complexity index is 1020. The highest BCUT2D eigenvalue weighted by Gasteiger charge is 2.48. The number of hydrogen-bond acceptors (Lipinski definition) is 4. The van der Waals surface area contributed by atoms with Gasteiger partial charge in [0.1, 0.15) is 13.2 Å². The Hall–Kier alpha value is -3.35. The maximum atomic E-state index is 12.6. The van der Waals surface area contributed by atoms with E-state index < -0.39 is 12.1 Å². The van der Waals surface area contributed by atoms with Crippen LogP contribution in [0.5, 0.6) is 0 Å². The molecule has 2 aromatic carbocycles. The highest BCUT2D eigenvalue weighted by Crippen LogP contribution is 2.44. The molecule has 2 amide bonds. The van der Waals surface area contributed by atoms with Crippen LogP contribution in [-0.4, -0.2) is 53.7 Å². The molecule has 0 aliphatic heterocycles. The summed E-state index contributed by atoms with van der Waals surface area (Å²) in [6.45, 7) is 0.367. The molecule has 2 aromatic rings. The van der Waals surface area contributed by atoms with Crippen LogP contribution in [0, 0.1) is 11.8 Å². The number of carboxylic acids is 1. The van der Waals surface area contributed by atoms with E-state index in [0.717, 1.165) is 24.0 Å². The summed E-state index contributed by atoms with van der Waals surface area (Å²) in [6, 6.07) is 16.4. The predicted molar refractivity (Wildman–Crippen MR) is 117 cm³/mol. The van der Waals surface area contributed by atoms with Gasteiger partial charge >= 0.3 is 12.1 Å². The molecule has 0 heterocycles. The first-order valence-electron chi connectivity index (χ1n) is 11.1. The van der Waals surface area contributed by atoms with E-state index in [1.165, 1.54) is 16.0 Å². The van der Waals surface area contributed by atoms with Gasteiger partial charge in [0.2, 0.25) is 5.91 Å². The number of ether oxygens (including phenoxy) is 1. The summed E-state index contributed by atoms with van der Waals surface area (Å²) in [4.78, 5) is 37.5. The van der Waals surface area contributed by atoms with Gasteiger partial charge in [-0.3, -0.25) is 9.59 Å². The Morgan fingerprint density at radius 2 is 1.62 bits per heavy atom. The van der Waals surface area contributed by atoms with Gasteiger partial charge in [0, 0.05) is 24.4 Å². The van der Waals surface area contributed by atoms with Crippen molar-refractivity contribution in [2.24, 2.45) is 11.8 Å². The molecule has 32 heavy (non-hydrogen) atoms. The molecule has 166 valence electrons. The lowest BCUT2D eigenvalue weighted by atomic mass is 9.98. The molecule has 0 unspecified atom stereocenters. The van der Waals surface area contributed by atoms with Gasteiger partial charge < -0.3 is 20.1 Å². The Morgan fingerprint density at radius 1 is 1.00 bits per heavy atom. The van der Waals surface area contributed by atoms with E-state index in [0.29, 0.717) is 13.0 Å². The van der Waals surface area contributed by atoms with Crippen molar-refractivity contribution in [3.8, 4) is 11.1 Å². The molecule has 7 nitrogen and oxygen atoms in total. The first-order valence-corrected chi connectivity index (χ1v) is 11.1. The van der Waals surface area contributed by atoms with Crippen LogP contribution in [0.2, 0.25) is 0 Å². The average molecular weight is 434 g/mol. The highest BCUT2D eigenvalue weighted by molar-refractivity contribution is 5.86. The number of amides is 2. The number of carboxylic acid groups (broad SMARTS) is 1. The van der Waals surface area contributed by atoms with E-state index in [9.17, 15) is 14.4 Å². The van der Waals surface area contributed by atoms with Gasteiger partial charge in [-0.25, -0.2) is 4.79 Å². The third-order valence-electron chi connectivity index (χ3n) is 6.67. The minimum atomic E-state index is -0.987. The Balaban J connectivity index is 1.12. The molecule has 0 aromatic heterocycles. The van der Waals surface area contributed by atoms with E-state index >= 15 is 0 Å². The molecule has 0 bridgehead atoms. The third-order valence-corrected chi connectivity index (χ3v) is 6.67. The SMILES string of the molecule is O=C(O)CN(C(=O)[C@H]1C[C@H]1CNC(=O)OCC1c2ccccc2-c2ccccc21)C1CC1. The van der Waals surface area contributed by atoms with E-state index in [4.69, 9.17) is 9.84 Å². The number of nitrogens with zero attached hydrogens (tertiary/aromatic N) is 1. The van der Waals surface area contributed by atoms with Gasteiger partial charge in [-0.15, -0.1) is 0 Å². The van der Waals surface area contributed by atoms with Gasteiger partial charge in [-0.2, -0.15) is 0 Å². The summed E-state index contributed by atoms with van der Waals surface area (Å²) in [5.41, 5.74) is 4.68. The molecule has 2 fully saturated rings. The minimum absolute atomic E-state index is 0.00604. The van der Waals surface area contributed by atoms with Crippen LogP contribution >= 0.6 is 0 Å². The van der Waals surface area contributed by atoms with E-state index in [1.807, 2.05) is 24.3 Å². The fraction of sp³-hybridized carbons (Fsp3) is 0.400. The molecule has 2 N–H and O–H groups in total. The number of benzene rings is 2. The van der Waals surface area contributed by atoms with E-state index in [1.54, 1.807) is 0 Å². The van der Waals surface area contributed by atoms with Gasteiger partial charge in [-0.1, -0.05) is 48.5 Å². The Morgan fingerprint density at radius 3 is 2.22 bits per heavy atom. The average Bonchev–Trinajstić information content (AvgIpc) is 3.71.